The van der Waals surface area contributed by atoms with Crippen molar-refractivity contribution in [1.82, 2.24) is 14.8 Å². The second kappa shape index (κ2) is 7.57. The van der Waals surface area contributed by atoms with Crippen molar-refractivity contribution in [2.75, 3.05) is 4.90 Å². The summed E-state index contributed by atoms with van der Waals surface area (Å²) >= 11 is 0. The summed E-state index contributed by atoms with van der Waals surface area (Å²) in [6.07, 6.45) is 11.4. The van der Waals surface area contributed by atoms with Gasteiger partial charge in [0.15, 0.2) is 5.76 Å². The highest BCUT2D eigenvalue weighted by Crippen LogP contribution is 2.53. The number of amides is 1. The van der Waals surface area contributed by atoms with Crippen LogP contribution < -0.4 is 4.90 Å². The Labute approximate surface area is 186 Å². The molecule has 1 spiro atoms. The summed E-state index contributed by atoms with van der Waals surface area (Å²) in [6, 6.07) is 9.89. The van der Waals surface area contributed by atoms with Gasteiger partial charge in [0, 0.05) is 12.0 Å². The number of rotatable bonds is 2. The summed E-state index contributed by atoms with van der Waals surface area (Å²) < 4.78 is 22.3. The van der Waals surface area contributed by atoms with E-state index < -0.39 is 5.82 Å². The standard InChI is InChI=1S/C25H27FN4O2/c26-19-11-4-2-9-17(19)23(31)29-20-12-5-3-10-18(20)25(14-6-1-7-15-25)30-24(29)27-22(28-30)21-13-8-16-32-21/h2,4,8-9,11,13,16,18,20H,1,3,5-7,10,12,14-15H2. The molecule has 1 aliphatic heterocycles. The SMILES string of the molecule is O=C(c1ccccc1F)N1c2nc(-c3ccco3)nn2C2(CCCCC2)C2CCCCC21. The molecule has 6 nitrogen and oxygen atoms in total. The van der Waals surface area contributed by atoms with Crippen molar-refractivity contribution >= 4 is 11.9 Å². The van der Waals surface area contributed by atoms with Crippen LogP contribution in [-0.2, 0) is 5.54 Å². The molecule has 166 valence electrons. The van der Waals surface area contributed by atoms with Crippen molar-refractivity contribution in [2.24, 2.45) is 5.92 Å². The smallest absolute Gasteiger partial charge is 0.263 e. The van der Waals surface area contributed by atoms with Gasteiger partial charge in [0.2, 0.25) is 11.8 Å². The number of benzene rings is 1. The van der Waals surface area contributed by atoms with E-state index >= 15 is 0 Å². The first-order valence-corrected chi connectivity index (χ1v) is 11.8. The topological polar surface area (TPSA) is 64.2 Å². The van der Waals surface area contributed by atoms with Crippen molar-refractivity contribution in [1.29, 1.82) is 0 Å². The maximum absolute atomic E-state index is 14.7. The normalized spacial score (nSPS) is 24.2. The molecular formula is C25H27FN4O2. The molecule has 3 aromatic rings. The van der Waals surface area contributed by atoms with Gasteiger partial charge in [0.05, 0.1) is 17.4 Å². The lowest BCUT2D eigenvalue weighted by Gasteiger charge is -2.55. The summed E-state index contributed by atoms with van der Waals surface area (Å²) in [4.78, 5) is 20.4. The van der Waals surface area contributed by atoms with Crippen LogP contribution in [0.1, 0.15) is 68.1 Å². The monoisotopic (exact) mass is 434 g/mol. The molecule has 0 saturated heterocycles. The average Bonchev–Trinajstić information content (AvgIpc) is 3.51. The predicted octanol–water partition coefficient (Wildman–Crippen LogP) is 5.56. The maximum Gasteiger partial charge on any atom is 0.263 e. The van der Waals surface area contributed by atoms with E-state index in [9.17, 15) is 9.18 Å². The molecule has 2 atom stereocenters. The minimum Gasteiger partial charge on any atom is -0.461 e. The van der Waals surface area contributed by atoms with Crippen LogP contribution in [0, 0.1) is 11.7 Å². The van der Waals surface area contributed by atoms with E-state index in [1.807, 2.05) is 16.8 Å². The van der Waals surface area contributed by atoms with Gasteiger partial charge in [0.1, 0.15) is 5.82 Å². The van der Waals surface area contributed by atoms with Crippen LogP contribution in [0.5, 0.6) is 0 Å². The average molecular weight is 435 g/mol. The minimum absolute atomic E-state index is 0.00936. The zero-order valence-electron chi connectivity index (χ0n) is 18.0. The molecule has 7 heteroatoms. The summed E-state index contributed by atoms with van der Waals surface area (Å²) in [7, 11) is 0. The van der Waals surface area contributed by atoms with E-state index in [-0.39, 0.29) is 23.1 Å². The Balaban J connectivity index is 1.55. The van der Waals surface area contributed by atoms with E-state index in [1.165, 1.54) is 12.5 Å². The fourth-order valence-electron chi connectivity index (χ4n) is 6.37. The van der Waals surface area contributed by atoms with Gasteiger partial charge in [0.25, 0.3) is 5.91 Å². The molecule has 1 amide bonds. The van der Waals surface area contributed by atoms with Crippen LogP contribution in [0.2, 0.25) is 0 Å². The minimum atomic E-state index is -0.500. The van der Waals surface area contributed by atoms with Crippen LogP contribution in [0.25, 0.3) is 11.6 Å². The molecule has 32 heavy (non-hydrogen) atoms. The second-order valence-corrected chi connectivity index (χ2v) is 9.40. The van der Waals surface area contributed by atoms with Crippen LogP contribution in [-0.4, -0.2) is 26.7 Å². The Bertz CT molecular complexity index is 1130. The molecular weight excluding hydrogens is 407 g/mol. The number of halogens is 1. The highest BCUT2D eigenvalue weighted by Gasteiger charge is 2.55. The molecule has 0 radical (unpaired) electrons. The number of fused-ring (bicyclic) bond motifs is 4. The summed E-state index contributed by atoms with van der Waals surface area (Å²) in [5, 5.41) is 4.93. The second-order valence-electron chi connectivity index (χ2n) is 9.40. The van der Waals surface area contributed by atoms with Crippen LogP contribution >= 0.6 is 0 Å². The number of aromatic nitrogens is 3. The first kappa shape index (κ1) is 19.7. The van der Waals surface area contributed by atoms with Crippen LogP contribution in [0.4, 0.5) is 10.3 Å². The Morgan fingerprint density at radius 3 is 2.62 bits per heavy atom. The number of carbonyl (C=O) groups excluding carboxylic acids is 1. The number of hydrogen-bond donors (Lipinski definition) is 0. The lowest BCUT2D eigenvalue weighted by Crippen LogP contribution is -2.61. The van der Waals surface area contributed by atoms with Crippen molar-refractivity contribution in [3.05, 3.63) is 54.0 Å². The van der Waals surface area contributed by atoms with Crippen molar-refractivity contribution < 1.29 is 13.6 Å². The number of nitrogens with zero attached hydrogens (tertiary/aromatic N) is 4. The molecule has 0 N–H and O–H groups in total. The van der Waals surface area contributed by atoms with Gasteiger partial charge >= 0.3 is 0 Å². The van der Waals surface area contributed by atoms with Gasteiger partial charge in [-0.3, -0.25) is 9.69 Å². The molecule has 2 unspecified atom stereocenters. The third-order valence-electron chi connectivity index (χ3n) is 7.76. The number of furan rings is 1. The summed E-state index contributed by atoms with van der Waals surface area (Å²) in [5.74, 6) is 1.07. The first-order chi connectivity index (χ1) is 15.7. The number of hydrogen-bond acceptors (Lipinski definition) is 4. The van der Waals surface area contributed by atoms with E-state index in [0.717, 1.165) is 51.4 Å². The highest BCUT2D eigenvalue weighted by atomic mass is 19.1. The third-order valence-corrected chi connectivity index (χ3v) is 7.76. The van der Waals surface area contributed by atoms with Gasteiger partial charge in [-0.15, -0.1) is 5.10 Å². The zero-order chi connectivity index (χ0) is 21.7. The Morgan fingerprint density at radius 2 is 1.84 bits per heavy atom. The molecule has 1 aromatic carbocycles. The van der Waals surface area contributed by atoms with Gasteiger partial charge in [-0.1, -0.05) is 44.2 Å². The van der Waals surface area contributed by atoms with Gasteiger partial charge in [-0.05, 0) is 49.9 Å². The molecule has 2 fully saturated rings. The molecule has 2 aromatic heterocycles. The van der Waals surface area contributed by atoms with Crippen LogP contribution in [0.15, 0.2) is 47.1 Å². The fraction of sp³-hybridized carbons (Fsp3) is 0.480. The summed E-state index contributed by atoms with van der Waals surface area (Å²) in [6.45, 7) is 0. The van der Waals surface area contributed by atoms with Crippen molar-refractivity contribution in [3.8, 4) is 11.6 Å². The van der Waals surface area contributed by atoms with E-state index in [0.29, 0.717) is 23.5 Å². The Kier molecular flexibility index (Phi) is 4.66. The zero-order valence-corrected chi connectivity index (χ0v) is 18.0. The molecule has 2 aliphatic carbocycles. The largest absolute Gasteiger partial charge is 0.461 e. The lowest BCUT2D eigenvalue weighted by molar-refractivity contribution is 0.0313. The Morgan fingerprint density at radius 1 is 1.03 bits per heavy atom. The number of carbonyl (C=O) groups is 1. The lowest BCUT2D eigenvalue weighted by atomic mass is 9.64. The highest BCUT2D eigenvalue weighted by molar-refractivity contribution is 6.06. The van der Waals surface area contributed by atoms with E-state index in [1.54, 1.807) is 29.4 Å². The molecule has 2 saturated carbocycles. The Hall–Kier alpha value is -2.96. The van der Waals surface area contributed by atoms with Gasteiger partial charge < -0.3 is 4.42 Å². The molecule has 3 heterocycles. The first-order valence-electron chi connectivity index (χ1n) is 11.8. The van der Waals surface area contributed by atoms with Crippen molar-refractivity contribution in [3.63, 3.8) is 0 Å². The molecule has 0 bridgehead atoms. The van der Waals surface area contributed by atoms with Crippen molar-refractivity contribution in [2.45, 2.75) is 69.4 Å². The maximum atomic E-state index is 14.7. The summed E-state index contributed by atoms with van der Waals surface area (Å²) in [5.41, 5.74) is -0.0479. The van der Waals surface area contributed by atoms with E-state index in [2.05, 4.69) is 0 Å². The quantitative estimate of drug-likeness (QED) is 0.530. The number of anilines is 1. The molecule has 6 rings (SSSR count). The van der Waals surface area contributed by atoms with E-state index in [4.69, 9.17) is 14.5 Å². The third kappa shape index (κ3) is 2.86. The fourth-order valence-corrected chi connectivity index (χ4v) is 6.37. The van der Waals surface area contributed by atoms with Gasteiger partial charge in [-0.25, -0.2) is 9.07 Å². The van der Waals surface area contributed by atoms with Crippen LogP contribution in [0.3, 0.4) is 0 Å². The predicted molar refractivity (Wildman–Crippen MR) is 118 cm³/mol. The van der Waals surface area contributed by atoms with Gasteiger partial charge in [-0.2, -0.15) is 4.98 Å². The molecule has 3 aliphatic rings.